The molecule has 0 aliphatic rings. The van der Waals surface area contributed by atoms with Crippen LogP contribution in [0.1, 0.15) is 34.2 Å². The Hall–Kier alpha value is -2.23. The topological polar surface area (TPSA) is 51.5 Å². The van der Waals surface area contributed by atoms with Crippen molar-refractivity contribution in [2.75, 3.05) is 6.61 Å². The number of carbonyl (C=O) groups is 1. The van der Waals surface area contributed by atoms with Gasteiger partial charge in [-0.3, -0.25) is 4.79 Å². The molecule has 20 heavy (non-hydrogen) atoms. The maximum atomic E-state index is 11.8. The zero-order chi connectivity index (χ0) is 14.5. The molecule has 0 bridgehead atoms. The fourth-order valence-corrected chi connectivity index (χ4v) is 2.02. The van der Waals surface area contributed by atoms with Gasteiger partial charge in [0.25, 0.3) is 5.91 Å². The zero-order valence-electron chi connectivity index (χ0n) is 12.0. The van der Waals surface area contributed by atoms with Crippen molar-refractivity contribution >= 4 is 5.91 Å². The molecule has 1 N–H and O–H groups in total. The molecule has 1 aromatic carbocycles. The molecule has 4 nitrogen and oxygen atoms in total. The van der Waals surface area contributed by atoms with E-state index < -0.39 is 0 Å². The van der Waals surface area contributed by atoms with Crippen molar-refractivity contribution in [1.82, 2.24) is 5.32 Å². The molecule has 0 saturated carbocycles. The van der Waals surface area contributed by atoms with Crippen molar-refractivity contribution < 1.29 is 13.9 Å². The van der Waals surface area contributed by atoms with Crippen LogP contribution in [0.15, 0.2) is 34.9 Å². The van der Waals surface area contributed by atoms with E-state index in [9.17, 15) is 4.79 Å². The second-order valence-corrected chi connectivity index (χ2v) is 4.64. The van der Waals surface area contributed by atoms with Gasteiger partial charge >= 0.3 is 0 Å². The van der Waals surface area contributed by atoms with Crippen LogP contribution in [0, 0.1) is 13.8 Å². The van der Waals surface area contributed by atoms with Crippen LogP contribution in [-0.4, -0.2) is 12.5 Å². The van der Waals surface area contributed by atoms with Crippen LogP contribution in [0.2, 0.25) is 0 Å². The molecule has 0 atom stereocenters. The van der Waals surface area contributed by atoms with Crippen molar-refractivity contribution in [2.24, 2.45) is 0 Å². The Morgan fingerprint density at radius 1 is 1.30 bits per heavy atom. The summed E-state index contributed by atoms with van der Waals surface area (Å²) >= 11 is 0. The number of ether oxygens (including phenoxy) is 1. The molecule has 106 valence electrons. The molecule has 4 heteroatoms. The summed E-state index contributed by atoms with van der Waals surface area (Å²) in [5.74, 6) is 1.01. The van der Waals surface area contributed by atoms with E-state index in [0.29, 0.717) is 18.9 Å². The molecule has 2 aromatic rings. The van der Waals surface area contributed by atoms with Gasteiger partial charge in [0, 0.05) is 6.54 Å². The maximum absolute atomic E-state index is 11.8. The summed E-state index contributed by atoms with van der Waals surface area (Å²) in [6, 6.07) is 7.39. The smallest absolute Gasteiger partial charge is 0.287 e. The maximum Gasteiger partial charge on any atom is 0.287 e. The fourth-order valence-electron chi connectivity index (χ4n) is 2.02. The molecule has 0 saturated heterocycles. The number of carbonyl (C=O) groups excluding carboxylic acids is 1. The van der Waals surface area contributed by atoms with Gasteiger partial charge < -0.3 is 14.5 Å². The van der Waals surface area contributed by atoms with E-state index in [1.165, 1.54) is 6.26 Å². The molecular weight excluding hydrogens is 254 g/mol. The molecule has 0 aliphatic carbocycles. The highest BCUT2D eigenvalue weighted by molar-refractivity contribution is 5.91. The number of hydrogen-bond acceptors (Lipinski definition) is 3. The average molecular weight is 273 g/mol. The summed E-state index contributed by atoms with van der Waals surface area (Å²) in [6.45, 7) is 7.10. The Morgan fingerprint density at radius 2 is 2.10 bits per heavy atom. The number of furan rings is 1. The van der Waals surface area contributed by atoms with Crippen LogP contribution < -0.4 is 10.1 Å². The summed E-state index contributed by atoms with van der Waals surface area (Å²) in [5, 5.41) is 2.85. The molecule has 0 aliphatic heterocycles. The van der Waals surface area contributed by atoms with Crippen molar-refractivity contribution in [3.8, 4) is 5.75 Å². The summed E-state index contributed by atoms with van der Waals surface area (Å²) in [6.07, 6.45) is 1.49. The number of benzene rings is 1. The summed E-state index contributed by atoms with van der Waals surface area (Å²) in [7, 11) is 0. The van der Waals surface area contributed by atoms with Crippen LogP contribution in [0.4, 0.5) is 0 Å². The number of nitrogens with one attached hydrogen (secondary N) is 1. The molecule has 0 spiro atoms. The second kappa shape index (κ2) is 6.28. The molecular formula is C16H19NO3. The second-order valence-electron chi connectivity index (χ2n) is 4.64. The van der Waals surface area contributed by atoms with Gasteiger partial charge in [0.2, 0.25) is 0 Å². The lowest BCUT2D eigenvalue weighted by Gasteiger charge is -2.13. The van der Waals surface area contributed by atoms with Crippen LogP contribution in [0.25, 0.3) is 0 Å². The highest BCUT2D eigenvalue weighted by atomic mass is 16.5. The van der Waals surface area contributed by atoms with Crippen molar-refractivity contribution in [3.05, 3.63) is 53.0 Å². The van der Waals surface area contributed by atoms with Gasteiger partial charge in [0.15, 0.2) is 5.76 Å². The SMILES string of the molecule is CCOc1cc(C)c(CNC(=O)c2ccco2)cc1C. The molecule has 1 heterocycles. The number of rotatable bonds is 5. The summed E-state index contributed by atoms with van der Waals surface area (Å²) < 4.78 is 10.6. The highest BCUT2D eigenvalue weighted by Gasteiger charge is 2.10. The van der Waals surface area contributed by atoms with E-state index >= 15 is 0 Å². The first-order valence-electron chi connectivity index (χ1n) is 6.66. The van der Waals surface area contributed by atoms with Crippen molar-refractivity contribution in [1.29, 1.82) is 0 Å². The van der Waals surface area contributed by atoms with E-state index in [-0.39, 0.29) is 5.91 Å². The third kappa shape index (κ3) is 3.20. The minimum absolute atomic E-state index is 0.207. The fraction of sp³-hybridized carbons (Fsp3) is 0.312. The molecule has 2 rings (SSSR count). The van der Waals surface area contributed by atoms with Crippen LogP contribution >= 0.6 is 0 Å². The van der Waals surface area contributed by atoms with E-state index in [0.717, 1.165) is 22.4 Å². The number of aryl methyl sites for hydroxylation is 2. The Morgan fingerprint density at radius 3 is 2.75 bits per heavy atom. The Balaban J connectivity index is 2.06. The lowest BCUT2D eigenvalue weighted by atomic mass is 10.0. The van der Waals surface area contributed by atoms with Crippen LogP contribution in [-0.2, 0) is 6.54 Å². The lowest BCUT2D eigenvalue weighted by Crippen LogP contribution is -2.22. The predicted octanol–water partition coefficient (Wildman–Crippen LogP) is 3.23. The van der Waals surface area contributed by atoms with E-state index in [2.05, 4.69) is 5.32 Å². The lowest BCUT2D eigenvalue weighted by molar-refractivity contribution is 0.0923. The van der Waals surface area contributed by atoms with Gasteiger partial charge in [-0.1, -0.05) is 6.07 Å². The molecule has 1 aromatic heterocycles. The zero-order valence-corrected chi connectivity index (χ0v) is 12.0. The highest BCUT2D eigenvalue weighted by Crippen LogP contribution is 2.23. The van der Waals surface area contributed by atoms with E-state index in [1.807, 2.05) is 32.9 Å². The van der Waals surface area contributed by atoms with Crippen LogP contribution in [0.5, 0.6) is 5.75 Å². The summed E-state index contributed by atoms with van der Waals surface area (Å²) in [4.78, 5) is 11.8. The minimum Gasteiger partial charge on any atom is -0.494 e. The van der Waals surface area contributed by atoms with E-state index in [1.54, 1.807) is 12.1 Å². The minimum atomic E-state index is -0.207. The van der Waals surface area contributed by atoms with Gasteiger partial charge in [-0.15, -0.1) is 0 Å². The Bertz CT molecular complexity index is 588. The van der Waals surface area contributed by atoms with Crippen LogP contribution in [0.3, 0.4) is 0 Å². The third-order valence-corrected chi connectivity index (χ3v) is 3.12. The van der Waals surface area contributed by atoms with Gasteiger partial charge in [0.1, 0.15) is 5.75 Å². The summed E-state index contributed by atoms with van der Waals surface area (Å²) in [5.41, 5.74) is 3.24. The largest absolute Gasteiger partial charge is 0.494 e. The normalized spacial score (nSPS) is 10.3. The first kappa shape index (κ1) is 14.2. The molecule has 0 radical (unpaired) electrons. The monoisotopic (exact) mass is 273 g/mol. The van der Waals surface area contributed by atoms with Gasteiger partial charge in [-0.05, 0) is 55.7 Å². The van der Waals surface area contributed by atoms with Crippen molar-refractivity contribution in [3.63, 3.8) is 0 Å². The molecule has 0 fully saturated rings. The van der Waals surface area contributed by atoms with Crippen molar-refractivity contribution in [2.45, 2.75) is 27.3 Å². The average Bonchev–Trinajstić information content (AvgIpc) is 2.95. The van der Waals surface area contributed by atoms with E-state index in [4.69, 9.17) is 9.15 Å². The molecule has 0 unspecified atom stereocenters. The van der Waals surface area contributed by atoms with Gasteiger partial charge in [-0.25, -0.2) is 0 Å². The third-order valence-electron chi connectivity index (χ3n) is 3.12. The first-order chi connectivity index (χ1) is 9.61. The first-order valence-corrected chi connectivity index (χ1v) is 6.66. The Labute approximate surface area is 118 Å². The quantitative estimate of drug-likeness (QED) is 0.910. The van der Waals surface area contributed by atoms with Gasteiger partial charge in [0.05, 0.1) is 12.9 Å². The van der Waals surface area contributed by atoms with Gasteiger partial charge in [-0.2, -0.15) is 0 Å². The molecule has 1 amide bonds. The number of amides is 1. The Kier molecular flexibility index (Phi) is 4.45. The standard InChI is InChI=1S/C16H19NO3/c1-4-19-15-9-11(2)13(8-12(15)3)10-17-16(18)14-6-5-7-20-14/h5-9H,4,10H2,1-3H3,(H,17,18). The predicted molar refractivity (Wildman–Crippen MR) is 77.0 cm³/mol. The number of hydrogen-bond donors (Lipinski definition) is 1.